The summed E-state index contributed by atoms with van der Waals surface area (Å²) in [6.07, 6.45) is 1.87. The van der Waals surface area contributed by atoms with Crippen molar-refractivity contribution in [3.05, 3.63) is 65.1 Å². The maximum absolute atomic E-state index is 14.6. The molecule has 3 aromatic rings. The zero-order valence-corrected chi connectivity index (χ0v) is 22.2. The van der Waals surface area contributed by atoms with Gasteiger partial charge in [0.2, 0.25) is 5.82 Å². The quantitative estimate of drug-likeness (QED) is 0.349. The van der Waals surface area contributed by atoms with E-state index >= 15 is 0 Å². The van der Waals surface area contributed by atoms with Crippen molar-refractivity contribution in [1.29, 1.82) is 0 Å². The van der Waals surface area contributed by atoms with Crippen LogP contribution in [0.25, 0.3) is 11.3 Å². The third-order valence-electron chi connectivity index (χ3n) is 5.94. The molecule has 0 fully saturated rings. The Labute approximate surface area is 220 Å². The number of likely N-dealkylation sites (N-methyl/N-ethyl adjacent to an activating group) is 1. The Morgan fingerprint density at radius 3 is 2.53 bits per heavy atom. The number of aryl methyl sites for hydroxylation is 1. The summed E-state index contributed by atoms with van der Waals surface area (Å²) in [6.45, 7) is 4.09. The van der Waals surface area contributed by atoms with Crippen molar-refractivity contribution in [1.82, 2.24) is 19.8 Å². The molecule has 0 saturated heterocycles. The van der Waals surface area contributed by atoms with Gasteiger partial charge in [0.25, 0.3) is 11.8 Å². The Morgan fingerprint density at radius 1 is 1.08 bits per heavy atom. The van der Waals surface area contributed by atoms with Gasteiger partial charge in [0.1, 0.15) is 0 Å². The number of nitrogens with one attached hydrogen (secondary N) is 2. The average molecular weight is 530 g/mol. The summed E-state index contributed by atoms with van der Waals surface area (Å²) in [5, 5.41) is 5.60. The molecule has 0 saturated carbocycles. The smallest absolute Gasteiger partial charge is 0.291 e. The number of carbonyl (C=O) groups is 2. The zero-order valence-electron chi connectivity index (χ0n) is 22.2. The van der Waals surface area contributed by atoms with Crippen molar-refractivity contribution in [2.24, 2.45) is 7.05 Å². The number of hydrogen-bond acceptors (Lipinski definition) is 6. The molecule has 2 aromatic carbocycles. The molecular formula is C27H33F2N5O4. The standard InChI is InChI=1S/C27H33F2N5O4/c1-6-17-15-18(7-8-19(17)26(35)30-11-13-38-14-12-33(2)3)32-27(36)25-31-16-21(34(25)4)20-9-10-22(37-5)24(29)23(20)28/h7-10,15-16H,6,11-14H2,1-5H3,(H,30,35)(H,32,36). The van der Waals surface area contributed by atoms with Crippen LogP contribution < -0.4 is 15.4 Å². The van der Waals surface area contributed by atoms with Gasteiger partial charge in [-0.1, -0.05) is 6.92 Å². The summed E-state index contributed by atoms with van der Waals surface area (Å²) in [7, 11) is 6.70. The molecule has 3 rings (SSSR count). The van der Waals surface area contributed by atoms with Gasteiger partial charge >= 0.3 is 0 Å². The van der Waals surface area contributed by atoms with Crippen LogP contribution in [-0.4, -0.2) is 73.8 Å². The van der Waals surface area contributed by atoms with Crippen molar-refractivity contribution < 1.29 is 27.8 Å². The van der Waals surface area contributed by atoms with Crippen molar-refractivity contribution in [2.75, 3.05) is 52.8 Å². The number of benzene rings is 2. The molecule has 0 spiro atoms. The molecule has 0 aliphatic carbocycles. The molecule has 0 radical (unpaired) electrons. The van der Waals surface area contributed by atoms with Crippen molar-refractivity contribution in [3.8, 4) is 17.0 Å². The topological polar surface area (TPSA) is 97.7 Å². The highest BCUT2D eigenvalue weighted by atomic mass is 19.2. The number of amides is 2. The fraction of sp³-hybridized carbons (Fsp3) is 0.370. The van der Waals surface area contributed by atoms with Gasteiger partial charge < -0.3 is 29.6 Å². The number of methoxy groups -OCH3 is 1. The van der Waals surface area contributed by atoms with Crippen LogP contribution in [0, 0.1) is 11.6 Å². The van der Waals surface area contributed by atoms with Crippen LogP contribution >= 0.6 is 0 Å². The second-order valence-electron chi connectivity index (χ2n) is 8.82. The minimum Gasteiger partial charge on any atom is -0.494 e. The van der Waals surface area contributed by atoms with Crippen molar-refractivity contribution in [3.63, 3.8) is 0 Å². The van der Waals surface area contributed by atoms with Crippen molar-refractivity contribution in [2.45, 2.75) is 13.3 Å². The van der Waals surface area contributed by atoms with Crippen molar-refractivity contribution >= 4 is 17.5 Å². The lowest BCUT2D eigenvalue weighted by Gasteiger charge is -2.13. The second kappa shape index (κ2) is 13.1. The first-order valence-corrected chi connectivity index (χ1v) is 12.2. The van der Waals surface area contributed by atoms with Gasteiger partial charge in [0, 0.05) is 37.0 Å². The normalized spacial score (nSPS) is 11.1. The molecule has 0 aliphatic heterocycles. The van der Waals surface area contributed by atoms with E-state index in [1.807, 2.05) is 25.9 Å². The predicted octanol–water partition coefficient (Wildman–Crippen LogP) is 3.50. The highest BCUT2D eigenvalue weighted by Gasteiger charge is 2.21. The number of hydrogen-bond donors (Lipinski definition) is 2. The van der Waals surface area contributed by atoms with Gasteiger partial charge in [-0.3, -0.25) is 9.59 Å². The van der Waals surface area contributed by atoms with E-state index in [-0.39, 0.29) is 28.7 Å². The summed E-state index contributed by atoms with van der Waals surface area (Å²) in [5.41, 5.74) is 1.91. The predicted molar refractivity (Wildman–Crippen MR) is 141 cm³/mol. The highest BCUT2D eigenvalue weighted by molar-refractivity contribution is 6.03. The lowest BCUT2D eigenvalue weighted by molar-refractivity contribution is 0.0899. The van der Waals surface area contributed by atoms with Crippen LogP contribution in [0.2, 0.25) is 0 Å². The van der Waals surface area contributed by atoms with Gasteiger partial charge in [0.15, 0.2) is 17.4 Å². The number of imidazole rings is 1. The fourth-order valence-corrected chi connectivity index (χ4v) is 3.81. The molecule has 1 aromatic heterocycles. The summed E-state index contributed by atoms with van der Waals surface area (Å²) in [4.78, 5) is 31.7. The molecule has 2 amide bonds. The van der Waals surface area contributed by atoms with Gasteiger partial charge in [-0.25, -0.2) is 9.37 Å². The van der Waals surface area contributed by atoms with E-state index in [2.05, 4.69) is 15.6 Å². The largest absolute Gasteiger partial charge is 0.494 e. The molecule has 0 atom stereocenters. The van der Waals surface area contributed by atoms with E-state index in [4.69, 9.17) is 9.47 Å². The molecule has 2 N–H and O–H groups in total. The van der Waals surface area contributed by atoms with E-state index < -0.39 is 17.5 Å². The summed E-state index contributed by atoms with van der Waals surface area (Å²) >= 11 is 0. The first kappa shape index (κ1) is 28.7. The monoisotopic (exact) mass is 529 g/mol. The number of ether oxygens (including phenoxy) is 2. The molecule has 9 nitrogen and oxygen atoms in total. The Bertz CT molecular complexity index is 1290. The van der Waals surface area contributed by atoms with Gasteiger partial charge in [-0.15, -0.1) is 0 Å². The Kier molecular flexibility index (Phi) is 9.91. The molecule has 38 heavy (non-hydrogen) atoms. The molecule has 11 heteroatoms. The lowest BCUT2D eigenvalue weighted by Crippen LogP contribution is -2.29. The number of nitrogens with zero attached hydrogens (tertiary/aromatic N) is 3. The summed E-state index contributed by atoms with van der Waals surface area (Å²) < 4.78 is 40.5. The second-order valence-corrected chi connectivity index (χ2v) is 8.82. The minimum atomic E-state index is -1.12. The van der Waals surface area contributed by atoms with Crippen LogP contribution in [0.5, 0.6) is 5.75 Å². The maximum Gasteiger partial charge on any atom is 0.291 e. The third kappa shape index (κ3) is 6.73. The fourth-order valence-electron chi connectivity index (χ4n) is 3.81. The van der Waals surface area contributed by atoms with E-state index in [1.54, 1.807) is 18.2 Å². The molecular weight excluding hydrogens is 496 g/mol. The van der Waals surface area contributed by atoms with E-state index in [9.17, 15) is 18.4 Å². The minimum absolute atomic E-state index is 0.00441. The summed E-state index contributed by atoms with van der Waals surface area (Å²) in [6, 6.07) is 7.67. The number of aromatic nitrogens is 2. The number of rotatable bonds is 12. The molecule has 0 aliphatic rings. The maximum atomic E-state index is 14.6. The lowest BCUT2D eigenvalue weighted by atomic mass is 10.0. The number of anilines is 1. The Balaban J connectivity index is 1.68. The third-order valence-corrected chi connectivity index (χ3v) is 5.94. The van der Waals surface area contributed by atoms with Gasteiger partial charge in [0.05, 0.1) is 32.2 Å². The van der Waals surface area contributed by atoms with Crippen LogP contribution in [-0.2, 0) is 18.2 Å². The first-order chi connectivity index (χ1) is 18.2. The highest BCUT2D eigenvalue weighted by Crippen LogP contribution is 2.30. The summed E-state index contributed by atoms with van der Waals surface area (Å²) in [5.74, 6) is -3.19. The molecule has 0 bridgehead atoms. The van der Waals surface area contributed by atoms with Crippen LogP contribution in [0.15, 0.2) is 36.5 Å². The average Bonchev–Trinajstić information content (AvgIpc) is 3.28. The van der Waals surface area contributed by atoms with Gasteiger partial charge in [-0.05, 0) is 56.4 Å². The van der Waals surface area contributed by atoms with E-state index in [1.165, 1.54) is 37.1 Å². The van der Waals surface area contributed by atoms with Crippen LogP contribution in [0.3, 0.4) is 0 Å². The first-order valence-electron chi connectivity index (χ1n) is 12.2. The molecule has 1 heterocycles. The van der Waals surface area contributed by atoms with Crippen LogP contribution in [0.4, 0.5) is 14.5 Å². The molecule has 0 unspecified atom stereocenters. The Hall–Kier alpha value is -3.83. The van der Waals surface area contributed by atoms with E-state index in [0.29, 0.717) is 37.4 Å². The Morgan fingerprint density at radius 2 is 1.84 bits per heavy atom. The number of halogens is 2. The van der Waals surface area contributed by atoms with Crippen LogP contribution in [0.1, 0.15) is 33.5 Å². The van der Waals surface area contributed by atoms with E-state index in [0.717, 1.165) is 12.1 Å². The van der Waals surface area contributed by atoms with Gasteiger partial charge in [-0.2, -0.15) is 4.39 Å². The number of carbonyl (C=O) groups excluding carboxylic acids is 2. The molecule has 204 valence electrons. The SMILES string of the molecule is CCc1cc(NC(=O)c2ncc(-c3ccc(OC)c(F)c3F)n2C)ccc1C(=O)NCCOCCN(C)C. The zero-order chi connectivity index (χ0) is 27.8.